The lowest BCUT2D eigenvalue weighted by molar-refractivity contribution is -0.143. The van der Waals surface area contributed by atoms with Crippen LogP contribution in [-0.4, -0.2) is 43.4 Å². The Hall–Kier alpha value is -2.09. The Balaban J connectivity index is 2.00. The number of carboxylic acids is 2. The molecule has 0 aromatic carbocycles. The van der Waals surface area contributed by atoms with Gasteiger partial charge in [0.2, 0.25) is 0 Å². The molecular formula is C20H33N3O5. The maximum Gasteiger partial charge on any atom is 0.328 e. The van der Waals surface area contributed by atoms with Gasteiger partial charge in [0.1, 0.15) is 12.1 Å². The van der Waals surface area contributed by atoms with Crippen molar-refractivity contribution >= 4 is 11.9 Å². The first-order valence-corrected chi connectivity index (χ1v) is 10.2. The van der Waals surface area contributed by atoms with Crippen LogP contribution >= 0.6 is 0 Å². The summed E-state index contributed by atoms with van der Waals surface area (Å²) in [4.78, 5) is 35.6. The van der Waals surface area contributed by atoms with Crippen LogP contribution in [0.15, 0.2) is 17.2 Å². The van der Waals surface area contributed by atoms with Gasteiger partial charge in [0.15, 0.2) is 0 Å². The van der Waals surface area contributed by atoms with Gasteiger partial charge in [-0.3, -0.25) is 24.0 Å². The van der Waals surface area contributed by atoms with E-state index in [1.165, 1.54) is 36.7 Å². The van der Waals surface area contributed by atoms with E-state index in [0.29, 0.717) is 18.9 Å². The lowest BCUT2D eigenvalue weighted by atomic mass is 9.87. The van der Waals surface area contributed by atoms with E-state index in [0.717, 1.165) is 6.42 Å². The lowest BCUT2D eigenvalue weighted by Crippen LogP contribution is -2.50. The van der Waals surface area contributed by atoms with Crippen molar-refractivity contribution in [1.29, 1.82) is 0 Å². The molecule has 0 aliphatic heterocycles. The Labute approximate surface area is 165 Å². The molecular weight excluding hydrogens is 362 g/mol. The molecule has 1 aromatic rings. The number of carbonyl (C=O) groups is 2. The monoisotopic (exact) mass is 395 g/mol. The van der Waals surface area contributed by atoms with Crippen LogP contribution in [0.2, 0.25) is 0 Å². The van der Waals surface area contributed by atoms with Crippen LogP contribution in [0.5, 0.6) is 0 Å². The number of nitrogens with zero attached hydrogens (tertiary/aromatic N) is 2. The predicted octanol–water partition coefficient (Wildman–Crippen LogP) is 2.16. The van der Waals surface area contributed by atoms with E-state index in [4.69, 9.17) is 0 Å². The third-order valence-electron chi connectivity index (χ3n) is 5.51. The minimum absolute atomic E-state index is 0.103. The summed E-state index contributed by atoms with van der Waals surface area (Å²) < 4.78 is 2.97. The summed E-state index contributed by atoms with van der Waals surface area (Å²) >= 11 is 0. The summed E-state index contributed by atoms with van der Waals surface area (Å²) in [7, 11) is 0. The van der Waals surface area contributed by atoms with Crippen molar-refractivity contribution in [3.05, 3.63) is 22.9 Å². The molecule has 0 bridgehead atoms. The average molecular weight is 396 g/mol. The van der Waals surface area contributed by atoms with Gasteiger partial charge in [0.25, 0.3) is 0 Å². The summed E-state index contributed by atoms with van der Waals surface area (Å²) in [5.41, 5.74) is -0.250. The van der Waals surface area contributed by atoms with Crippen molar-refractivity contribution in [3.8, 4) is 0 Å². The zero-order valence-corrected chi connectivity index (χ0v) is 16.8. The summed E-state index contributed by atoms with van der Waals surface area (Å²) in [5, 5.41) is 21.5. The lowest BCUT2D eigenvalue weighted by Gasteiger charge is -2.22. The fourth-order valence-corrected chi connectivity index (χ4v) is 3.91. The molecule has 1 aliphatic carbocycles. The maximum atomic E-state index is 12.6. The third kappa shape index (κ3) is 6.51. The van der Waals surface area contributed by atoms with Gasteiger partial charge in [-0.2, -0.15) is 0 Å². The molecule has 0 spiro atoms. The van der Waals surface area contributed by atoms with E-state index in [-0.39, 0.29) is 18.2 Å². The fourth-order valence-electron chi connectivity index (χ4n) is 3.91. The van der Waals surface area contributed by atoms with E-state index in [1.54, 1.807) is 17.0 Å². The normalized spacial score (nSPS) is 17.5. The first-order chi connectivity index (χ1) is 13.3. The highest BCUT2D eigenvalue weighted by molar-refractivity contribution is 5.77. The second-order valence-corrected chi connectivity index (χ2v) is 8.30. The van der Waals surface area contributed by atoms with Crippen molar-refractivity contribution in [2.24, 2.45) is 11.8 Å². The van der Waals surface area contributed by atoms with Gasteiger partial charge in [0, 0.05) is 18.9 Å². The molecule has 1 fully saturated rings. The van der Waals surface area contributed by atoms with E-state index >= 15 is 0 Å². The molecule has 1 aliphatic rings. The first-order valence-electron chi connectivity index (χ1n) is 10.2. The van der Waals surface area contributed by atoms with Gasteiger partial charge in [-0.15, -0.1) is 0 Å². The number of nitrogens with one attached hydrogen (secondary N) is 1. The van der Waals surface area contributed by atoms with E-state index in [1.807, 2.05) is 13.8 Å². The number of rotatable bonds is 11. The van der Waals surface area contributed by atoms with Crippen LogP contribution in [-0.2, 0) is 22.7 Å². The molecule has 1 aromatic heterocycles. The Kier molecular flexibility index (Phi) is 8.29. The van der Waals surface area contributed by atoms with Gasteiger partial charge < -0.3 is 10.2 Å². The van der Waals surface area contributed by atoms with E-state index in [2.05, 4.69) is 5.32 Å². The average Bonchev–Trinajstić information content (AvgIpc) is 2.98. The molecule has 1 saturated carbocycles. The van der Waals surface area contributed by atoms with Crippen molar-refractivity contribution in [1.82, 2.24) is 14.5 Å². The van der Waals surface area contributed by atoms with Crippen molar-refractivity contribution in [2.45, 2.75) is 84.0 Å². The molecule has 0 radical (unpaired) electrons. The number of hydrogen-bond donors (Lipinski definition) is 3. The fraction of sp³-hybridized carbons (Fsp3) is 0.750. The summed E-state index contributed by atoms with van der Waals surface area (Å²) in [6, 6.07) is -2.11. The largest absolute Gasteiger partial charge is 0.480 e. The standard InChI is InChI=1S/C20H33N3O5/c1-14(2)12-16(18(24)25)21-17(19(26)27)13-23-11-10-22(20(23)28)9-8-15-6-4-3-5-7-15/h10-11,14-17,21H,3-9,12-13H2,1-2H3,(H,24,25)(H,26,27). The number of aliphatic carboxylic acids is 2. The number of carboxylic acid groups (broad SMARTS) is 2. The van der Waals surface area contributed by atoms with E-state index < -0.39 is 24.0 Å². The van der Waals surface area contributed by atoms with E-state index in [9.17, 15) is 24.6 Å². The molecule has 158 valence electrons. The minimum Gasteiger partial charge on any atom is -0.480 e. The quantitative estimate of drug-likeness (QED) is 0.529. The molecule has 28 heavy (non-hydrogen) atoms. The van der Waals surface area contributed by atoms with Gasteiger partial charge >= 0.3 is 17.6 Å². The highest BCUT2D eigenvalue weighted by Crippen LogP contribution is 2.26. The Morgan fingerprint density at radius 1 is 1.07 bits per heavy atom. The number of aryl methyl sites for hydroxylation is 1. The van der Waals surface area contributed by atoms with Crippen molar-refractivity contribution in [3.63, 3.8) is 0 Å². The van der Waals surface area contributed by atoms with Crippen LogP contribution in [0.3, 0.4) is 0 Å². The van der Waals surface area contributed by atoms with Crippen LogP contribution in [0.4, 0.5) is 0 Å². The number of imidazole rings is 1. The SMILES string of the molecule is CC(C)CC(NC(Cn1ccn(CCC2CCCCC2)c1=O)C(=O)O)C(=O)O. The minimum atomic E-state index is -1.17. The van der Waals surface area contributed by atoms with Gasteiger partial charge in [-0.25, -0.2) is 4.79 Å². The number of hydrogen-bond acceptors (Lipinski definition) is 4. The second-order valence-electron chi connectivity index (χ2n) is 8.30. The molecule has 2 atom stereocenters. The van der Waals surface area contributed by atoms with Crippen LogP contribution in [0, 0.1) is 11.8 Å². The molecule has 8 heteroatoms. The summed E-state index contributed by atoms with van der Waals surface area (Å²) in [5.74, 6) is -1.49. The van der Waals surface area contributed by atoms with Crippen LogP contribution in [0.25, 0.3) is 0 Å². The molecule has 2 unspecified atom stereocenters. The van der Waals surface area contributed by atoms with Gasteiger partial charge in [-0.05, 0) is 24.7 Å². The van der Waals surface area contributed by atoms with Gasteiger partial charge in [0.05, 0.1) is 6.54 Å². The van der Waals surface area contributed by atoms with Gasteiger partial charge in [-0.1, -0.05) is 46.0 Å². The topological polar surface area (TPSA) is 114 Å². The molecule has 1 heterocycles. The molecule has 8 nitrogen and oxygen atoms in total. The first kappa shape index (κ1) is 22.2. The van der Waals surface area contributed by atoms with Crippen LogP contribution in [0.1, 0.15) is 58.8 Å². The smallest absolute Gasteiger partial charge is 0.328 e. The van der Waals surface area contributed by atoms with Crippen molar-refractivity contribution < 1.29 is 19.8 Å². The predicted molar refractivity (Wildman–Crippen MR) is 105 cm³/mol. The Morgan fingerprint density at radius 3 is 2.25 bits per heavy atom. The molecule has 3 N–H and O–H groups in total. The Morgan fingerprint density at radius 2 is 1.68 bits per heavy atom. The zero-order chi connectivity index (χ0) is 20.7. The Bertz CT molecular complexity index is 703. The highest BCUT2D eigenvalue weighted by atomic mass is 16.4. The summed E-state index contributed by atoms with van der Waals surface area (Å²) in [6.45, 7) is 4.29. The molecule has 0 saturated heterocycles. The zero-order valence-electron chi connectivity index (χ0n) is 16.8. The third-order valence-corrected chi connectivity index (χ3v) is 5.51. The molecule has 2 rings (SSSR count). The second kappa shape index (κ2) is 10.5. The number of aromatic nitrogens is 2. The maximum absolute atomic E-state index is 12.6. The molecule has 0 amide bonds. The highest BCUT2D eigenvalue weighted by Gasteiger charge is 2.27. The van der Waals surface area contributed by atoms with Crippen LogP contribution < -0.4 is 11.0 Å². The van der Waals surface area contributed by atoms with Crippen molar-refractivity contribution in [2.75, 3.05) is 0 Å². The summed E-state index contributed by atoms with van der Waals surface area (Å²) in [6.07, 6.45) is 10.8.